The Balaban J connectivity index is 1.55. The zero-order valence-corrected chi connectivity index (χ0v) is 17.1. The van der Waals surface area contributed by atoms with Crippen molar-refractivity contribution in [3.8, 4) is 0 Å². The summed E-state index contributed by atoms with van der Waals surface area (Å²) in [6.45, 7) is 1.33. The molecule has 0 bridgehead atoms. The van der Waals surface area contributed by atoms with Crippen LogP contribution in [0.3, 0.4) is 0 Å². The highest BCUT2D eigenvalue weighted by molar-refractivity contribution is 5.41. The highest BCUT2D eigenvalue weighted by Gasteiger charge is 2.30. The Morgan fingerprint density at radius 1 is 1.13 bits per heavy atom. The zero-order chi connectivity index (χ0) is 21.3. The van der Waals surface area contributed by atoms with Crippen molar-refractivity contribution in [1.29, 1.82) is 0 Å². The molecule has 1 aliphatic carbocycles. The molecule has 0 amide bonds. The molecule has 1 aliphatic heterocycles. The number of rotatable bonds is 5. The molecule has 10 heteroatoms. The Bertz CT molecular complexity index is 1040. The van der Waals surface area contributed by atoms with E-state index in [-0.39, 0.29) is 23.2 Å². The van der Waals surface area contributed by atoms with Gasteiger partial charge in [0.1, 0.15) is 11.6 Å². The van der Waals surface area contributed by atoms with Gasteiger partial charge in [-0.05, 0) is 44.6 Å². The quantitative estimate of drug-likeness (QED) is 0.635. The summed E-state index contributed by atoms with van der Waals surface area (Å²) in [6.07, 6.45) is 4.79. The van der Waals surface area contributed by atoms with E-state index in [1.165, 1.54) is 23.9 Å². The predicted molar refractivity (Wildman–Crippen MR) is 113 cm³/mol. The summed E-state index contributed by atoms with van der Waals surface area (Å²) in [4.78, 5) is 40.8. The van der Waals surface area contributed by atoms with E-state index in [4.69, 9.17) is 0 Å². The van der Waals surface area contributed by atoms with Gasteiger partial charge in [0.2, 0.25) is 0 Å². The van der Waals surface area contributed by atoms with Crippen LogP contribution in [0, 0.1) is 0 Å². The number of piperidine rings is 1. The molecule has 30 heavy (non-hydrogen) atoms. The summed E-state index contributed by atoms with van der Waals surface area (Å²) < 4.78 is 2.45. The van der Waals surface area contributed by atoms with E-state index < -0.39 is 11.8 Å². The molecule has 3 N–H and O–H groups in total. The molecular formula is C20H28N6O4. The van der Waals surface area contributed by atoms with Crippen molar-refractivity contribution in [3.05, 3.63) is 49.4 Å². The van der Waals surface area contributed by atoms with Crippen molar-refractivity contribution < 1.29 is 5.11 Å². The second kappa shape index (κ2) is 8.47. The van der Waals surface area contributed by atoms with Gasteiger partial charge >= 0.3 is 5.69 Å². The molecule has 1 saturated carbocycles. The first-order chi connectivity index (χ1) is 14.4. The van der Waals surface area contributed by atoms with Crippen molar-refractivity contribution in [3.63, 3.8) is 0 Å². The molecule has 0 spiro atoms. The lowest BCUT2D eigenvalue weighted by Crippen LogP contribution is -2.45. The Morgan fingerprint density at radius 3 is 2.70 bits per heavy atom. The van der Waals surface area contributed by atoms with Crippen LogP contribution in [0.1, 0.15) is 44.6 Å². The molecule has 0 radical (unpaired) electrons. The van der Waals surface area contributed by atoms with E-state index in [9.17, 15) is 19.5 Å². The molecule has 2 fully saturated rings. The molecule has 162 valence electrons. The number of aliphatic hydroxyl groups is 1. The van der Waals surface area contributed by atoms with Gasteiger partial charge in [-0.1, -0.05) is 0 Å². The molecule has 1 saturated heterocycles. The molecule has 3 atom stereocenters. The highest BCUT2D eigenvalue weighted by atomic mass is 16.3. The SMILES string of the molecule is Cn1c(=O)cc(NCC2CCCCN2c2ccc(=O)n(C3CCCC3O)n2)[nH]c1=O. The Hall–Kier alpha value is -2.88. The molecule has 3 heterocycles. The maximum absolute atomic E-state index is 12.4. The first-order valence-corrected chi connectivity index (χ1v) is 10.5. The number of hydrogen-bond donors (Lipinski definition) is 3. The average molecular weight is 416 g/mol. The predicted octanol–water partition coefficient (Wildman–Crippen LogP) is 0.187. The lowest BCUT2D eigenvalue weighted by Gasteiger charge is -2.37. The zero-order valence-electron chi connectivity index (χ0n) is 17.1. The van der Waals surface area contributed by atoms with E-state index in [0.717, 1.165) is 43.2 Å². The normalized spacial score (nSPS) is 24.2. The minimum atomic E-state index is -0.540. The monoisotopic (exact) mass is 416 g/mol. The summed E-state index contributed by atoms with van der Waals surface area (Å²) in [7, 11) is 1.43. The highest BCUT2D eigenvalue weighted by Crippen LogP contribution is 2.29. The van der Waals surface area contributed by atoms with Crippen molar-refractivity contribution in [2.75, 3.05) is 23.3 Å². The molecule has 3 unspecified atom stereocenters. The van der Waals surface area contributed by atoms with Gasteiger partial charge in [0, 0.05) is 38.3 Å². The fourth-order valence-corrected chi connectivity index (χ4v) is 4.41. The Morgan fingerprint density at radius 2 is 1.97 bits per heavy atom. The number of nitrogens with one attached hydrogen (secondary N) is 2. The van der Waals surface area contributed by atoms with Crippen LogP contribution in [0.4, 0.5) is 11.6 Å². The van der Waals surface area contributed by atoms with Crippen LogP contribution in [-0.4, -0.2) is 49.7 Å². The van der Waals surface area contributed by atoms with E-state index >= 15 is 0 Å². The molecule has 2 aliphatic rings. The van der Waals surface area contributed by atoms with Crippen molar-refractivity contribution in [1.82, 2.24) is 19.3 Å². The summed E-state index contributed by atoms with van der Waals surface area (Å²) in [5.41, 5.74) is -1.03. The third kappa shape index (κ3) is 4.04. The number of hydrogen-bond acceptors (Lipinski definition) is 7. The van der Waals surface area contributed by atoms with Crippen LogP contribution >= 0.6 is 0 Å². The van der Waals surface area contributed by atoms with E-state index in [1.807, 2.05) is 0 Å². The second-order valence-corrected chi connectivity index (χ2v) is 8.15. The third-order valence-electron chi connectivity index (χ3n) is 6.16. The van der Waals surface area contributed by atoms with E-state index in [2.05, 4.69) is 20.3 Å². The maximum atomic E-state index is 12.4. The summed E-state index contributed by atoms with van der Waals surface area (Å²) >= 11 is 0. The van der Waals surface area contributed by atoms with Crippen LogP contribution in [0.2, 0.25) is 0 Å². The number of aromatic nitrogens is 4. The third-order valence-corrected chi connectivity index (χ3v) is 6.16. The number of aliphatic hydroxyl groups excluding tert-OH is 1. The van der Waals surface area contributed by atoms with Gasteiger partial charge in [0.25, 0.3) is 11.1 Å². The molecular weight excluding hydrogens is 388 g/mol. The first kappa shape index (κ1) is 20.4. The van der Waals surface area contributed by atoms with Crippen molar-refractivity contribution in [2.45, 2.75) is 56.7 Å². The van der Waals surface area contributed by atoms with Crippen molar-refractivity contribution in [2.24, 2.45) is 7.05 Å². The minimum Gasteiger partial charge on any atom is -0.391 e. The number of nitrogens with zero attached hydrogens (tertiary/aromatic N) is 4. The summed E-state index contributed by atoms with van der Waals surface area (Å²) in [5.74, 6) is 1.10. The fourth-order valence-electron chi connectivity index (χ4n) is 4.41. The molecule has 0 aromatic carbocycles. The van der Waals surface area contributed by atoms with Gasteiger partial charge in [-0.15, -0.1) is 0 Å². The lowest BCUT2D eigenvalue weighted by atomic mass is 10.0. The number of anilines is 2. The van der Waals surface area contributed by atoms with Crippen LogP contribution in [0.5, 0.6) is 0 Å². The Labute approximate surface area is 173 Å². The minimum absolute atomic E-state index is 0.0956. The lowest BCUT2D eigenvalue weighted by molar-refractivity contribution is 0.127. The smallest absolute Gasteiger partial charge is 0.329 e. The molecule has 4 rings (SSSR count). The van der Waals surface area contributed by atoms with Gasteiger partial charge in [0.15, 0.2) is 0 Å². The van der Waals surface area contributed by atoms with Gasteiger partial charge in [-0.3, -0.25) is 19.1 Å². The van der Waals surface area contributed by atoms with Crippen LogP contribution in [-0.2, 0) is 7.05 Å². The van der Waals surface area contributed by atoms with E-state index in [1.54, 1.807) is 6.07 Å². The topological polar surface area (TPSA) is 125 Å². The van der Waals surface area contributed by atoms with Crippen LogP contribution in [0.25, 0.3) is 0 Å². The van der Waals surface area contributed by atoms with E-state index in [0.29, 0.717) is 24.6 Å². The number of aromatic amines is 1. The molecule has 2 aromatic heterocycles. The van der Waals surface area contributed by atoms with Gasteiger partial charge < -0.3 is 15.3 Å². The maximum Gasteiger partial charge on any atom is 0.329 e. The van der Waals surface area contributed by atoms with Gasteiger partial charge in [0.05, 0.1) is 12.1 Å². The summed E-state index contributed by atoms with van der Waals surface area (Å²) in [6, 6.07) is 4.44. The Kier molecular flexibility index (Phi) is 5.76. The van der Waals surface area contributed by atoms with Crippen LogP contribution in [0.15, 0.2) is 32.6 Å². The largest absolute Gasteiger partial charge is 0.391 e. The first-order valence-electron chi connectivity index (χ1n) is 10.5. The number of H-pyrrole nitrogens is 1. The van der Waals surface area contributed by atoms with Gasteiger partial charge in [-0.2, -0.15) is 5.10 Å². The van der Waals surface area contributed by atoms with Gasteiger partial charge in [-0.25, -0.2) is 9.48 Å². The average Bonchev–Trinajstić information content (AvgIpc) is 3.16. The standard InChI is InChI=1S/C20H28N6O4/c1-24-19(29)11-16(22-20(24)30)21-12-13-5-2-3-10-25(13)17-8-9-18(28)26(23-17)14-6-4-7-15(14)27/h8-9,11,13-15,21,27H,2-7,10,12H2,1H3,(H,22,30). The molecule has 2 aromatic rings. The fraction of sp³-hybridized carbons (Fsp3) is 0.600. The summed E-state index contributed by atoms with van der Waals surface area (Å²) in [5, 5.41) is 18.0. The van der Waals surface area contributed by atoms with Crippen molar-refractivity contribution >= 4 is 11.6 Å². The second-order valence-electron chi connectivity index (χ2n) is 8.15. The van der Waals surface area contributed by atoms with Crippen LogP contribution < -0.4 is 27.0 Å². The molecule has 10 nitrogen and oxygen atoms in total.